The molecule has 0 radical (unpaired) electrons. The molecular weight excluding hydrogens is 218 g/mol. The van der Waals surface area contributed by atoms with Gasteiger partial charge >= 0.3 is 0 Å². The highest BCUT2D eigenvalue weighted by Gasteiger charge is 2.34. The zero-order valence-electron chi connectivity index (χ0n) is 13.6. The van der Waals surface area contributed by atoms with E-state index in [1.54, 1.807) is 0 Å². The smallest absolute Gasteiger partial charge is 0.00180 e. The highest BCUT2D eigenvalue weighted by Crippen LogP contribution is 2.44. The maximum atomic E-state index is 3.57. The van der Waals surface area contributed by atoms with Gasteiger partial charge in [0.1, 0.15) is 0 Å². The third kappa shape index (κ3) is 5.73. The fourth-order valence-corrected chi connectivity index (χ4v) is 3.34. The van der Waals surface area contributed by atoms with Crippen LogP contribution in [0.15, 0.2) is 0 Å². The summed E-state index contributed by atoms with van der Waals surface area (Å²) in [6, 6.07) is 0. The molecule has 1 nitrogen and oxygen atoms in total. The molecule has 0 bridgehead atoms. The van der Waals surface area contributed by atoms with Gasteiger partial charge in [0, 0.05) is 0 Å². The molecule has 0 saturated heterocycles. The molecule has 0 heterocycles. The highest BCUT2D eigenvalue weighted by molar-refractivity contribution is 4.86. The van der Waals surface area contributed by atoms with E-state index in [-0.39, 0.29) is 0 Å². The molecule has 0 aliphatic heterocycles. The van der Waals surface area contributed by atoms with Crippen molar-refractivity contribution in [3.8, 4) is 0 Å². The van der Waals surface area contributed by atoms with Crippen LogP contribution >= 0.6 is 0 Å². The van der Waals surface area contributed by atoms with Crippen LogP contribution in [-0.2, 0) is 0 Å². The second-order valence-corrected chi connectivity index (χ2v) is 8.33. The molecule has 1 saturated carbocycles. The Bertz CT molecular complexity index is 236. The third-order valence-electron chi connectivity index (χ3n) is 4.60. The summed E-state index contributed by atoms with van der Waals surface area (Å²) in [7, 11) is 0. The van der Waals surface area contributed by atoms with Gasteiger partial charge in [-0.15, -0.1) is 0 Å². The Hall–Kier alpha value is -0.0400. The topological polar surface area (TPSA) is 12.0 Å². The van der Waals surface area contributed by atoms with Crippen molar-refractivity contribution in [1.29, 1.82) is 0 Å². The first kappa shape index (κ1) is 16.0. The van der Waals surface area contributed by atoms with Gasteiger partial charge in [-0.25, -0.2) is 0 Å². The van der Waals surface area contributed by atoms with Crippen molar-refractivity contribution < 1.29 is 0 Å². The molecule has 1 N–H and O–H groups in total. The average Bonchev–Trinajstić information content (AvgIpc) is 2.23. The lowest BCUT2D eigenvalue weighted by Gasteiger charge is -2.42. The summed E-state index contributed by atoms with van der Waals surface area (Å²) in [5, 5.41) is 3.57. The van der Waals surface area contributed by atoms with Gasteiger partial charge < -0.3 is 5.32 Å². The van der Waals surface area contributed by atoms with Crippen LogP contribution in [-0.4, -0.2) is 13.1 Å². The zero-order valence-corrected chi connectivity index (χ0v) is 13.6. The van der Waals surface area contributed by atoms with Crippen LogP contribution in [0.2, 0.25) is 0 Å². The summed E-state index contributed by atoms with van der Waals surface area (Å²) >= 11 is 0. The van der Waals surface area contributed by atoms with E-state index in [2.05, 4.69) is 46.9 Å². The maximum Gasteiger partial charge on any atom is -0.00180 e. The minimum absolute atomic E-state index is 0.490. The summed E-state index contributed by atoms with van der Waals surface area (Å²) in [5.41, 5.74) is 1.07. The first-order valence-corrected chi connectivity index (χ1v) is 7.94. The van der Waals surface area contributed by atoms with Crippen LogP contribution in [0.25, 0.3) is 0 Å². The standard InChI is InChI=1S/C17H35N/c1-7-18-13-15-9-11-17(5,6)12-14(15)8-10-16(2,3)4/h14-15,18H,7-13H2,1-6H3. The Morgan fingerprint density at radius 3 is 2.39 bits per heavy atom. The molecule has 2 unspecified atom stereocenters. The largest absolute Gasteiger partial charge is 0.317 e. The first-order chi connectivity index (χ1) is 8.23. The molecule has 18 heavy (non-hydrogen) atoms. The van der Waals surface area contributed by atoms with E-state index in [4.69, 9.17) is 0 Å². The second-order valence-electron chi connectivity index (χ2n) is 8.33. The van der Waals surface area contributed by atoms with E-state index in [0.717, 1.165) is 18.4 Å². The number of hydrogen-bond donors (Lipinski definition) is 1. The van der Waals surface area contributed by atoms with E-state index < -0.39 is 0 Å². The van der Waals surface area contributed by atoms with E-state index >= 15 is 0 Å². The summed E-state index contributed by atoms with van der Waals surface area (Å²) in [6.07, 6.45) is 7.06. The first-order valence-electron chi connectivity index (χ1n) is 7.94. The SMILES string of the molecule is CCNCC1CCC(C)(C)CC1CCC(C)(C)C. The molecule has 1 aliphatic rings. The fourth-order valence-electron chi connectivity index (χ4n) is 3.34. The predicted molar refractivity (Wildman–Crippen MR) is 81.8 cm³/mol. The Balaban J connectivity index is 2.54. The summed E-state index contributed by atoms with van der Waals surface area (Å²) in [5.74, 6) is 1.85. The number of rotatable bonds is 5. The summed E-state index contributed by atoms with van der Waals surface area (Å²) in [6.45, 7) is 16.6. The third-order valence-corrected chi connectivity index (χ3v) is 4.60. The Kier molecular flexibility index (Phi) is 5.70. The zero-order chi connectivity index (χ0) is 13.8. The van der Waals surface area contributed by atoms with Crippen molar-refractivity contribution in [2.45, 2.75) is 73.6 Å². The van der Waals surface area contributed by atoms with Crippen molar-refractivity contribution >= 4 is 0 Å². The van der Waals surface area contributed by atoms with Crippen molar-refractivity contribution in [1.82, 2.24) is 5.32 Å². The minimum atomic E-state index is 0.490. The van der Waals surface area contributed by atoms with Crippen molar-refractivity contribution in [2.24, 2.45) is 22.7 Å². The van der Waals surface area contributed by atoms with Gasteiger partial charge in [0.2, 0.25) is 0 Å². The molecule has 0 spiro atoms. The van der Waals surface area contributed by atoms with Gasteiger partial charge in [0.15, 0.2) is 0 Å². The molecule has 0 aromatic heterocycles. The predicted octanol–water partition coefficient (Wildman–Crippen LogP) is 4.86. The van der Waals surface area contributed by atoms with Crippen LogP contribution in [0.3, 0.4) is 0 Å². The van der Waals surface area contributed by atoms with E-state index in [1.807, 2.05) is 0 Å². The van der Waals surface area contributed by atoms with E-state index in [9.17, 15) is 0 Å². The second kappa shape index (κ2) is 6.41. The molecule has 0 aromatic rings. The lowest BCUT2D eigenvalue weighted by Crippen LogP contribution is -2.36. The number of hydrogen-bond acceptors (Lipinski definition) is 1. The van der Waals surface area contributed by atoms with Crippen LogP contribution in [0, 0.1) is 22.7 Å². The lowest BCUT2D eigenvalue weighted by molar-refractivity contribution is 0.100. The molecule has 0 aromatic carbocycles. The summed E-state index contributed by atoms with van der Waals surface area (Å²) in [4.78, 5) is 0. The Labute approximate surface area is 115 Å². The highest BCUT2D eigenvalue weighted by atomic mass is 14.8. The minimum Gasteiger partial charge on any atom is -0.317 e. The van der Waals surface area contributed by atoms with E-state index in [1.165, 1.54) is 38.6 Å². The molecule has 2 atom stereocenters. The molecule has 108 valence electrons. The number of nitrogens with one attached hydrogen (secondary N) is 1. The fraction of sp³-hybridized carbons (Fsp3) is 1.00. The molecule has 1 heteroatoms. The van der Waals surface area contributed by atoms with Gasteiger partial charge in [-0.2, -0.15) is 0 Å². The van der Waals surface area contributed by atoms with Crippen LogP contribution in [0.5, 0.6) is 0 Å². The normalized spacial score (nSPS) is 28.3. The molecule has 1 aliphatic carbocycles. The monoisotopic (exact) mass is 253 g/mol. The van der Waals surface area contributed by atoms with Gasteiger partial charge in [-0.05, 0) is 67.9 Å². The average molecular weight is 253 g/mol. The van der Waals surface area contributed by atoms with Crippen molar-refractivity contribution in [3.05, 3.63) is 0 Å². The van der Waals surface area contributed by atoms with Gasteiger partial charge in [-0.1, -0.05) is 41.5 Å². The summed E-state index contributed by atoms with van der Waals surface area (Å²) < 4.78 is 0. The van der Waals surface area contributed by atoms with Crippen molar-refractivity contribution in [3.63, 3.8) is 0 Å². The lowest BCUT2D eigenvalue weighted by atomic mass is 9.65. The van der Waals surface area contributed by atoms with Gasteiger partial charge in [0.25, 0.3) is 0 Å². The van der Waals surface area contributed by atoms with Gasteiger partial charge in [0.05, 0.1) is 0 Å². The van der Waals surface area contributed by atoms with Crippen LogP contribution < -0.4 is 5.32 Å². The quantitative estimate of drug-likeness (QED) is 0.737. The van der Waals surface area contributed by atoms with Crippen LogP contribution in [0.1, 0.15) is 73.6 Å². The van der Waals surface area contributed by atoms with Crippen molar-refractivity contribution in [2.75, 3.05) is 13.1 Å². The van der Waals surface area contributed by atoms with Gasteiger partial charge in [-0.3, -0.25) is 0 Å². The Morgan fingerprint density at radius 1 is 1.17 bits per heavy atom. The molecular formula is C17H35N. The Morgan fingerprint density at radius 2 is 1.83 bits per heavy atom. The van der Waals surface area contributed by atoms with Crippen LogP contribution in [0.4, 0.5) is 0 Å². The maximum absolute atomic E-state index is 3.57. The van der Waals surface area contributed by atoms with E-state index in [0.29, 0.717) is 10.8 Å². The molecule has 0 amide bonds. The molecule has 1 fully saturated rings. The molecule has 1 rings (SSSR count).